The monoisotopic (exact) mass is 126 g/mol. The van der Waals surface area contributed by atoms with Crippen LogP contribution in [-0.2, 0) is 0 Å². The van der Waals surface area contributed by atoms with Crippen LogP contribution in [0.2, 0.25) is 0 Å². The van der Waals surface area contributed by atoms with Gasteiger partial charge in [-0.05, 0) is 32.4 Å². The minimum absolute atomic E-state index is 0.850. The van der Waals surface area contributed by atoms with Crippen molar-refractivity contribution in [3.05, 3.63) is 0 Å². The Bertz CT molecular complexity index is 81.6. The standard InChI is InChI=1S/C7H14N2/c1-2-8-6-4-7(5-6)9-3-1/h6-9H,1-5H2. The Morgan fingerprint density at radius 2 is 1.44 bits per heavy atom. The first-order valence-electron chi connectivity index (χ1n) is 3.92. The predicted molar refractivity (Wildman–Crippen MR) is 37.4 cm³/mol. The first-order chi connectivity index (χ1) is 4.45. The molecule has 2 bridgehead atoms. The topological polar surface area (TPSA) is 24.1 Å². The van der Waals surface area contributed by atoms with Crippen LogP contribution in [0.5, 0.6) is 0 Å². The van der Waals surface area contributed by atoms with Gasteiger partial charge < -0.3 is 10.6 Å². The minimum Gasteiger partial charge on any atom is -0.314 e. The smallest absolute Gasteiger partial charge is 0.00967 e. The average Bonchev–Trinajstić information content (AvgIpc) is 1.54. The third-order valence-corrected chi connectivity index (χ3v) is 2.36. The third kappa shape index (κ3) is 1.10. The molecule has 0 aromatic rings. The lowest BCUT2D eigenvalue weighted by Crippen LogP contribution is -2.53. The van der Waals surface area contributed by atoms with E-state index in [1.165, 1.54) is 32.4 Å². The van der Waals surface area contributed by atoms with Gasteiger partial charge in [0.2, 0.25) is 0 Å². The summed E-state index contributed by atoms with van der Waals surface area (Å²) in [5.74, 6) is 0. The van der Waals surface area contributed by atoms with Crippen molar-refractivity contribution in [3.8, 4) is 0 Å². The number of hydrogen-bond acceptors (Lipinski definition) is 2. The van der Waals surface area contributed by atoms with Gasteiger partial charge in [-0.15, -0.1) is 0 Å². The predicted octanol–water partition coefficient (Wildman–Crippen LogP) is 0.100. The molecule has 0 unspecified atom stereocenters. The van der Waals surface area contributed by atoms with Crippen molar-refractivity contribution in [1.82, 2.24) is 10.6 Å². The molecule has 2 N–H and O–H groups in total. The van der Waals surface area contributed by atoms with Crippen molar-refractivity contribution in [1.29, 1.82) is 0 Å². The second-order valence-corrected chi connectivity index (χ2v) is 3.13. The molecular weight excluding hydrogens is 112 g/mol. The van der Waals surface area contributed by atoms with Gasteiger partial charge in [0.15, 0.2) is 0 Å². The van der Waals surface area contributed by atoms with E-state index < -0.39 is 0 Å². The second-order valence-electron chi connectivity index (χ2n) is 3.13. The lowest BCUT2D eigenvalue weighted by atomic mass is 9.86. The molecule has 9 heavy (non-hydrogen) atoms. The van der Waals surface area contributed by atoms with Crippen LogP contribution in [0.1, 0.15) is 19.3 Å². The fraction of sp³-hybridized carbons (Fsp3) is 1.00. The fourth-order valence-corrected chi connectivity index (χ4v) is 1.65. The summed E-state index contributed by atoms with van der Waals surface area (Å²) in [7, 11) is 0. The molecular formula is C7H14N2. The highest BCUT2D eigenvalue weighted by Gasteiger charge is 2.28. The Morgan fingerprint density at radius 3 is 2.00 bits per heavy atom. The molecule has 1 aliphatic carbocycles. The maximum atomic E-state index is 3.51. The fourth-order valence-electron chi connectivity index (χ4n) is 1.65. The van der Waals surface area contributed by atoms with Gasteiger partial charge in [0.25, 0.3) is 0 Å². The molecule has 0 aromatic carbocycles. The molecule has 2 heterocycles. The summed E-state index contributed by atoms with van der Waals surface area (Å²) >= 11 is 0. The summed E-state index contributed by atoms with van der Waals surface area (Å²) in [6.45, 7) is 2.43. The normalized spacial score (nSPS) is 42.7. The number of fused-ring (bicyclic) bond motifs is 4. The van der Waals surface area contributed by atoms with E-state index in [2.05, 4.69) is 10.6 Å². The lowest BCUT2D eigenvalue weighted by Gasteiger charge is -2.38. The van der Waals surface area contributed by atoms with Crippen molar-refractivity contribution < 1.29 is 0 Å². The molecule has 3 fully saturated rings. The van der Waals surface area contributed by atoms with E-state index in [9.17, 15) is 0 Å². The van der Waals surface area contributed by atoms with E-state index in [0.29, 0.717) is 0 Å². The molecule has 0 atom stereocenters. The van der Waals surface area contributed by atoms with Gasteiger partial charge in [-0.1, -0.05) is 0 Å². The van der Waals surface area contributed by atoms with Crippen molar-refractivity contribution in [2.24, 2.45) is 0 Å². The van der Waals surface area contributed by atoms with E-state index >= 15 is 0 Å². The Hall–Kier alpha value is -0.0800. The molecule has 0 spiro atoms. The largest absolute Gasteiger partial charge is 0.314 e. The highest BCUT2D eigenvalue weighted by molar-refractivity contribution is 4.91. The maximum Gasteiger partial charge on any atom is 0.00967 e. The van der Waals surface area contributed by atoms with Gasteiger partial charge in [0.05, 0.1) is 0 Å². The number of nitrogens with one attached hydrogen (secondary N) is 2. The molecule has 52 valence electrons. The minimum atomic E-state index is 0.850. The quantitative estimate of drug-likeness (QED) is 0.481. The van der Waals surface area contributed by atoms with Crippen molar-refractivity contribution in [2.75, 3.05) is 13.1 Å². The van der Waals surface area contributed by atoms with Crippen LogP contribution in [0.15, 0.2) is 0 Å². The van der Waals surface area contributed by atoms with E-state index in [4.69, 9.17) is 0 Å². The highest BCUT2D eigenvalue weighted by atomic mass is 15.0. The third-order valence-electron chi connectivity index (χ3n) is 2.36. The molecule has 1 saturated carbocycles. The number of rotatable bonds is 0. The Labute approximate surface area is 56.0 Å². The zero-order valence-electron chi connectivity index (χ0n) is 5.69. The zero-order chi connectivity index (χ0) is 6.10. The molecule has 3 rings (SSSR count). The SMILES string of the molecule is C1CNC2CC(C2)NC1. The Balaban J connectivity index is 1.85. The van der Waals surface area contributed by atoms with E-state index in [-0.39, 0.29) is 0 Å². The summed E-state index contributed by atoms with van der Waals surface area (Å²) in [4.78, 5) is 0. The number of hydrogen-bond donors (Lipinski definition) is 2. The second kappa shape index (κ2) is 2.27. The summed E-state index contributed by atoms with van der Waals surface area (Å²) in [6, 6.07) is 1.70. The van der Waals surface area contributed by atoms with Crippen LogP contribution in [0.3, 0.4) is 0 Å². The molecule has 2 heteroatoms. The van der Waals surface area contributed by atoms with Crippen LogP contribution in [0, 0.1) is 0 Å². The molecule has 2 saturated heterocycles. The van der Waals surface area contributed by atoms with Gasteiger partial charge in [0, 0.05) is 12.1 Å². The molecule has 0 radical (unpaired) electrons. The Morgan fingerprint density at radius 1 is 0.889 bits per heavy atom. The van der Waals surface area contributed by atoms with Crippen molar-refractivity contribution in [3.63, 3.8) is 0 Å². The summed E-state index contributed by atoms with van der Waals surface area (Å²) in [5, 5.41) is 7.02. The van der Waals surface area contributed by atoms with Crippen LogP contribution >= 0.6 is 0 Å². The summed E-state index contributed by atoms with van der Waals surface area (Å²) in [5.41, 5.74) is 0. The molecule has 2 aliphatic heterocycles. The highest BCUT2D eigenvalue weighted by Crippen LogP contribution is 2.20. The molecule has 0 amide bonds. The maximum absolute atomic E-state index is 3.51. The molecule has 3 aliphatic rings. The zero-order valence-corrected chi connectivity index (χ0v) is 5.69. The van der Waals surface area contributed by atoms with Gasteiger partial charge in [0.1, 0.15) is 0 Å². The van der Waals surface area contributed by atoms with Crippen LogP contribution < -0.4 is 10.6 Å². The Kier molecular flexibility index (Phi) is 1.44. The van der Waals surface area contributed by atoms with Gasteiger partial charge >= 0.3 is 0 Å². The lowest BCUT2D eigenvalue weighted by molar-refractivity contribution is 0.228. The van der Waals surface area contributed by atoms with E-state index in [0.717, 1.165) is 12.1 Å². The van der Waals surface area contributed by atoms with E-state index in [1.807, 2.05) is 0 Å². The van der Waals surface area contributed by atoms with Crippen molar-refractivity contribution >= 4 is 0 Å². The van der Waals surface area contributed by atoms with Crippen LogP contribution in [0.4, 0.5) is 0 Å². The van der Waals surface area contributed by atoms with Crippen LogP contribution in [0.25, 0.3) is 0 Å². The van der Waals surface area contributed by atoms with E-state index in [1.54, 1.807) is 0 Å². The summed E-state index contributed by atoms with van der Waals surface area (Å²) in [6.07, 6.45) is 4.02. The average molecular weight is 126 g/mol. The van der Waals surface area contributed by atoms with Gasteiger partial charge in [-0.3, -0.25) is 0 Å². The first kappa shape index (κ1) is 5.69. The first-order valence-corrected chi connectivity index (χ1v) is 3.92. The summed E-state index contributed by atoms with van der Waals surface area (Å²) < 4.78 is 0. The molecule has 0 aromatic heterocycles. The van der Waals surface area contributed by atoms with Gasteiger partial charge in [-0.25, -0.2) is 0 Å². The van der Waals surface area contributed by atoms with Crippen molar-refractivity contribution in [2.45, 2.75) is 31.3 Å². The van der Waals surface area contributed by atoms with Gasteiger partial charge in [-0.2, -0.15) is 0 Å². The molecule has 2 nitrogen and oxygen atoms in total. The van der Waals surface area contributed by atoms with Crippen LogP contribution in [-0.4, -0.2) is 25.2 Å².